The van der Waals surface area contributed by atoms with E-state index in [2.05, 4.69) is 13.2 Å². The molecule has 442 valence electrons. The summed E-state index contributed by atoms with van der Waals surface area (Å²) in [5, 5.41) is 36.0. The Morgan fingerprint density at radius 3 is 1.16 bits per heavy atom. The Morgan fingerprint density at radius 1 is 0.420 bits per heavy atom. The van der Waals surface area contributed by atoms with E-state index in [-0.39, 0.29) is 89.3 Å². The number of nitrogens with zero attached hydrogens (tertiary/aromatic N) is 2. The van der Waals surface area contributed by atoms with Gasteiger partial charge >= 0.3 is 23.9 Å². The maximum absolute atomic E-state index is 12.9. The van der Waals surface area contributed by atoms with Crippen LogP contribution < -0.4 is 18.9 Å². The lowest BCUT2D eigenvalue weighted by Crippen LogP contribution is -2.35. The Labute approximate surface area is 474 Å². The second kappa shape index (κ2) is 41.5. The Balaban J connectivity index is 0.000000432. The van der Waals surface area contributed by atoms with E-state index in [4.69, 9.17) is 58.3 Å². The molecule has 0 radical (unpaired) electrons. The lowest BCUT2D eigenvalue weighted by molar-refractivity contribution is -0.146. The number of carbonyl (C=O) groups is 6. The highest BCUT2D eigenvalue weighted by molar-refractivity contribution is 6.09. The third-order valence-corrected chi connectivity index (χ3v) is 11.7. The SMILES string of the molecule is C=C(C)C(=O)OCCCCCOc1ccc(C(=O)c2ccc(OCCCCCCOC(=O)CN(CCO)CCO)cc2)cc1.C=CC(=O)OCCOc1ccc(C(=O)c2ccc(OCCOC(=O)CCN(CCO)CCO)cc2)cc1. The van der Waals surface area contributed by atoms with Crippen LogP contribution in [0.5, 0.6) is 23.0 Å². The molecule has 0 fully saturated rings. The van der Waals surface area contributed by atoms with Gasteiger partial charge in [-0.3, -0.25) is 29.0 Å². The van der Waals surface area contributed by atoms with Crippen molar-refractivity contribution in [2.45, 2.75) is 58.3 Å². The summed E-state index contributed by atoms with van der Waals surface area (Å²) < 4.78 is 42.9. The fourth-order valence-electron chi connectivity index (χ4n) is 7.33. The topological polar surface area (TPSA) is 264 Å². The average molecular weight is 1130 g/mol. The number of ether oxygens (including phenoxy) is 8. The first-order chi connectivity index (χ1) is 39.3. The van der Waals surface area contributed by atoms with Gasteiger partial charge in [0, 0.05) is 66.6 Å². The maximum Gasteiger partial charge on any atom is 0.333 e. The zero-order chi connectivity index (χ0) is 58.9. The molecule has 0 atom stereocenters. The van der Waals surface area contributed by atoms with Crippen molar-refractivity contribution in [2.75, 3.05) is 119 Å². The van der Waals surface area contributed by atoms with Crippen LogP contribution in [0.2, 0.25) is 0 Å². The summed E-state index contributed by atoms with van der Waals surface area (Å²) in [4.78, 5) is 75.1. The molecular weight excluding hydrogens is 1050 g/mol. The van der Waals surface area contributed by atoms with Crippen molar-refractivity contribution < 1.29 is 87.1 Å². The molecule has 4 N–H and O–H groups in total. The van der Waals surface area contributed by atoms with Crippen LogP contribution in [0.4, 0.5) is 0 Å². The van der Waals surface area contributed by atoms with Crippen molar-refractivity contribution >= 4 is 35.4 Å². The van der Waals surface area contributed by atoms with Gasteiger partial charge in [0.1, 0.15) is 49.4 Å². The van der Waals surface area contributed by atoms with Crippen LogP contribution in [0.3, 0.4) is 0 Å². The quantitative estimate of drug-likeness (QED) is 0.0131. The molecule has 0 spiro atoms. The normalized spacial score (nSPS) is 10.7. The molecule has 4 aromatic carbocycles. The second-order valence-electron chi connectivity index (χ2n) is 18.1. The van der Waals surface area contributed by atoms with Gasteiger partial charge in [-0.05, 0) is 149 Å². The summed E-state index contributed by atoms with van der Waals surface area (Å²) in [6.45, 7) is 12.4. The molecule has 0 unspecified atom stereocenters. The fraction of sp³-hybridized carbons (Fsp3) is 0.443. The van der Waals surface area contributed by atoms with Gasteiger partial charge in [-0.2, -0.15) is 0 Å². The molecule has 0 aliphatic carbocycles. The van der Waals surface area contributed by atoms with Crippen molar-refractivity contribution in [2.24, 2.45) is 0 Å². The summed E-state index contributed by atoms with van der Waals surface area (Å²) in [7, 11) is 0. The minimum absolute atomic E-state index is 0.0491. The number of aliphatic hydroxyl groups excluding tert-OH is 4. The van der Waals surface area contributed by atoms with Crippen LogP contribution in [0.25, 0.3) is 0 Å². The van der Waals surface area contributed by atoms with E-state index in [0.29, 0.717) is 110 Å². The van der Waals surface area contributed by atoms with E-state index in [1.54, 1.807) is 114 Å². The van der Waals surface area contributed by atoms with Crippen LogP contribution in [-0.2, 0) is 38.1 Å². The molecule has 4 aromatic rings. The highest BCUT2D eigenvalue weighted by atomic mass is 16.6. The standard InChI is InChI=1S/C34H47NO9.C27H33NO9/c1-27(2)34(40)44-25-9-5-8-23-42-31-16-12-29(13-17-31)33(39)28-10-14-30(15-11-28)41-22-6-3-4-7-24-43-32(38)26-35(18-20-36)19-21-37;1-2-25(31)36-19-17-34-23-7-3-21(4-8-23)27(33)22-5-9-24(10-6-22)35-18-20-37-26(32)11-12-28(13-15-29)14-16-30/h10-17,36-37H,1,3-9,18-26H2,2H3;2-10,29-30H,1,11-20H2. The number of unbranched alkanes of at least 4 members (excludes halogenated alkanes) is 5. The Kier molecular flexibility index (Phi) is 34.8. The first kappa shape index (κ1) is 67.8. The van der Waals surface area contributed by atoms with E-state index in [1.807, 2.05) is 0 Å². The van der Waals surface area contributed by atoms with E-state index < -0.39 is 11.9 Å². The van der Waals surface area contributed by atoms with Crippen molar-refractivity contribution in [1.82, 2.24) is 9.80 Å². The number of benzene rings is 4. The molecule has 0 saturated heterocycles. The number of aliphatic hydroxyl groups is 4. The van der Waals surface area contributed by atoms with Gasteiger partial charge in [0.25, 0.3) is 0 Å². The minimum atomic E-state index is -0.516. The highest BCUT2D eigenvalue weighted by Crippen LogP contribution is 2.21. The van der Waals surface area contributed by atoms with Gasteiger partial charge in [0.15, 0.2) is 11.6 Å². The number of esters is 4. The lowest BCUT2D eigenvalue weighted by atomic mass is 10.0. The van der Waals surface area contributed by atoms with Crippen LogP contribution in [-0.4, -0.2) is 184 Å². The van der Waals surface area contributed by atoms with Gasteiger partial charge in [0.2, 0.25) is 0 Å². The fourth-order valence-corrected chi connectivity index (χ4v) is 7.33. The van der Waals surface area contributed by atoms with E-state index in [0.717, 1.165) is 51.0 Å². The maximum atomic E-state index is 12.9. The first-order valence-electron chi connectivity index (χ1n) is 27.1. The number of hydrogen-bond acceptors (Lipinski definition) is 20. The Morgan fingerprint density at radius 2 is 0.765 bits per heavy atom. The molecule has 20 heteroatoms. The molecule has 81 heavy (non-hydrogen) atoms. The molecule has 0 saturated carbocycles. The van der Waals surface area contributed by atoms with Crippen molar-refractivity contribution in [3.05, 3.63) is 144 Å². The van der Waals surface area contributed by atoms with Gasteiger partial charge in [-0.25, -0.2) is 9.59 Å². The summed E-state index contributed by atoms with van der Waals surface area (Å²) in [6, 6.07) is 27.4. The summed E-state index contributed by atoms with van der Waals surface area (Å²) in [5.74, 6) is 0.598. The zero-order valence-corrected chi connectivity index (χ0v) is 46.5. The van der Waals surface area contributed by atoms with Crippen LogP contribution in [0, 0.1) is 0 Å². The molecule has 0 aliphatic rings. The monoisotopic (exact) mass is 1130 g/mol. The summed E-state index contributed by atoms with van der Waals surface area (Å²) >= 11 is 0. The Bertz CT molecular complexity index is 2450. The molecule has 0 heterocycles. The predicted molar refractivity (Wildman–Crippen MR) is 302 cm³/mol. The predicted octanol–water partition coefficient (Wildman–Crippen LogP) is 5.98. The average Bonchev–Trinajstić information content (AvgIpc) is 3.48. The van der Waals surface area contributed by atoms with Gasteiger partial charge in [-0.15, -0.1) is 0 Å². The minimum Gasteiger partial charge on any atom is -0.494 e. The van der Waals surface area contributed by atoms with Crippen LogP contribution >= 0.6 is 0 Å². The van der Waals surface area contributed by atoms with E-state index in [9.17, 15) is 28.8 Å². The van der Waals surface area contributed by atoms with Crippen LogP contribution in [0.1, 0.15) is 90.1 Å². The van der Waals surface area contributed by atoms with Gasteiger partial charge in [-0.1, -0.05) is 13.2 Å². The van der Waals surface area contributed by atoms with Crippen molar-refractivity contribution in [3.8, 4) is 23.0 Å². The molecule has 0 bridgehead atoms. The first-order valence-corrected chi connectivity index (χ1v) is 27.1. The molecule has 0 amide bonds. The zero-order valence-electron chi connectivity index (χ0n) is 46.5. The van der Waals surface area contributed by atoms with E-state index in [1.165, 1.54) is 0 Å². The number of ketones is 2. The van der Waals surface area contributed by atoms with Gasteiger partial charge < -0.3 is 58.3 Å². The molecule has 0 aromatic heterocycles. The smallest absolute Gasteiger partial charge is 0.333 e. The van der Waals surface area contributed by atoms with Gasteiger partial charge in [0.05, 0.1) is 65.8 Å². The third-order valence-electron chi connectivity index (χ3n) is 11.7. The summed E-state index contributed by atoms with van der Waals surface area (Å²) in [6.07, 6.45) is 7.14. The van der Waals surface area contributed by atoms with E-state index >= 15 is 0 Å². The van der Waals surface area contributed by atoms with Crippen LogP contribution in [0.15, 0.2) is 122 Å². The lowest BCUT2D eigenvalue weighted by Gasteiger charge is -2.19. The van der Waals surface area contributed by atoms with Crippen molar-refractivity contribution in [3.63, 3.8) is 0 Å². The second-order valence-corrected chi connectivity index (χ2v) is 18.1. The largest absolute Gasteiger partial charge is 0.494 e. The molecule has 20 nitrogen and oxygen atoms in total. The third kappa shape index (κ3) is 29.5. The summed E-state index contributed by atoms with van der Waals surface area (Å²) in [5.41, 5.74) is 2.52. The molecule has 4 rings (SSSR count). The number of rotatable bonds is 42. The molecule has 0 aliphatic heterocycles. The number of carbonyl (C=O) groups excluding carboxylic acids is 6. The highest BCUT2D eigenvalue weighted by Gasteiger charge is 2.14. The van der Waals surface area contributed by atoms with Crippen molar-refractivity contribution in [1.29, 1.82) is 0 Å². The molecular formula is C61H80N2O18. The Hall–Kier alpha value is -7.46. The number of hydrogen-bond donors (Lipinski definition) is 4.